The van der Waals surface area contributed by atoms with Gasteiger partial charge in [-0.15, -0.1) is 0 Å². The number of nitrogens with zero attached hydrogens (tertiary/aromatic N) is 2. The van der Waals surface area contributed by atoms with Crippen molar-refractivity contribution in [3.8, 4) is 0 Å². The summed E-state index contributed by atoms with van der Waals surface area (Å²) in [5, 5.41) is 3.28. The Kier molecular flexibility index (Phi) is 4.15. The lowest BCUT2D eigenvalue weighted by Crippen LogP contribution is -2.49. The lowest BCUT2D eigenvalue weighted by Gasteiger charge is -2.34. The third kappa shape index (κ3) is 3.20. The van der Waals surface area contributed by atoms with Crippen molar-refractivity contribution in [2.45, 2.75) is 31.8 Å². The summed E-state index contributed by atoms with van der Waals surface area (Å²) in [5.74, 6) is -0.286. The maximum absolute atomic E-state index is 11.0. The summed E-state index contributed by atoms with van der Waals surface area (Å²) in [6.45, 7) is 3.80. The number of anilines is 1. The van der Waals surface area contributed by atoms with Crippen LogP contribution in [0.25, 0.3) is 0 Å². The molecule has 2 heterocycles. The molecule has 2 rings (SSSR count). The highest BCUT2D eigenvalue weighted by Gasteiger charge is 2.21. The normalized spacial score (nSPS) is 18.6. The average Bonchev–Trinajstić information content (AvgIpc) is 2.40. The van der Waals surface area contributed by atoms with E-state index in [1.165, 1.54) is 5.69 Å². The number of pyridine rings is 1. The molecular weight excluding hydrogens is 228 g/mol. The lowest BCUT2D eigenvalue weighted by atomic mass is 10.0. The van der Waals surface area contributed by atoms with E-state index in [0.29, 0.717) is 6.04 Å². The third-order valence-corrected chi connectivity index (χ3v) is 3.44. The summed E-state index contributed by atoms with van der Waals surface area (Å²) < 4.78 is 0. The van der Waals surface area contributed by atoms with Crippen molar-refractivity contribution in [2.24, 2.45) is 5.73 Å². The molecule has 5 nitrogen and oxygen atoms in total. The minimum atomic E-state index is -0.286. The molecule has 0 saturated carbocycles. The van der Waals surface area contributed by atoms with Crippen molar-refractivity contribution < 1.29 is 4.79 Å². The maximum atomic E-state index is 11.0. The Labute approximate surface area is 107 Å². The largest absolute Gasteiger partial charge is 0.371 e. The summed E-state index contributed by atoms with van der Waals surface area (Å²) in [5.41, 5.74) is 6.47. The minimum absolute atomic E-state index is 0.248. The number of primary amides is 1. The molecule has 1 aliphatic heterocycles. The first-order chi connectivity index (χ1) is 8.66. The Morgan fingerprint density at radius 1 is 1.44 bits per heavy atom. The number of hydrogen-bond donors (Lipinski definition) is 2. The first-order valence-electron chi connectivity index (χ1n) is 6.37. The molecule has 1 aromatic rings. The predicted molar refractivity (Wildman–Crippen MR) is 71.3 cm³/mol. The molecule has 1 aliphatic rings. The molecule has 1 saturated heterocycles. The number of carbonyl (C=O) groups excluding carboxylic acids is 1. The molecule has 0 radical (unpaired) electrons. The van der Waals surface area contributed by atoms with Crippen LogP contribution >= 0.6 is 0 Å². The highest BCUT2D eigenvalue weighted by Crippen LogP contribution is 2.18. The van der Waals surface area contributed by atoms with Crippen LogP contribution in [0.1, 0.15) is 19.8 Å². The summed E-state index contributed by atoms with van der Waals surface area (Å²) in [6, 6.07) is 4.19. The Balaban J connectivity index is 1.83. The van der Waals surface area contributed by atoms with Gasteiger partial charge in [-0.3, -0.25) is 9.78 Å². The first-order valence-corrected chi connectivity index (χ1v) is 6.37. The average molecular weight is 248 g/mol. The van der Waals surface area contributed by atoms with Gasteiger partial charge in [-0.1, -0.05) is 0 Å². The summed E-state index contributed by atoms with van der Waals surface area (Å²) in [7, 11) is 0. The molecule has 0 aromatic carbocycles. The van der Waals surface area contributed by atoms with Gasteiger partial charge in [-0.05, 0) is 31.9 Å². The van der Waals surface area contributed by atoms with Crippen LogP contribution in [0.4, 0.5) is 5.69 Å². The summed E-state index contributed by atoms with van der Waals surface area (Å²) in [4.78, 5) is 17.4. The molecule has 18 heavy (non-hydrogen) atoms. The van der Waals surface area contributed by atoms with E-state index in [1.807, 2.05) is 31.5 Å². The molecule has 0 spiro atoms. The molecule has 98 valence electrons. The maximum Gasteiger partial charge on any atom is 0.234 e. The van der Waals surface area contributed by atoms with Gasteiger partial charge in [0.05, 0.1) is 6.04 Å². The molecule has 1 aromatic heterocycles. The Bertz CT molecular complexity index is 387. The van der Waals surface area contributed by atoms with E-state index in [1.54, 1.807) is 0 Å². The minimum Gasteiger partial charge on any atom is -0.371 e. The van der Waals surface area contributed by atoms with Crippen LogP contribution in [0, 0.1) is 0 Å². The third-order valence-electron chi connectivity index (χ3n) is 3.44. The Morgan fingerprint density at radius 3 is 2.61 bits per heavy atom. The van der Waals surface area contributed by atoms with Crippen LogP contribution in [0.15, 0.2) is 24.5 Å². The second-order valence-electron chi connectivity index (χ2n) is 4.76. The van der Waals surface area contributed by atoms with Crippen molar-refractivity contribution in [1.29, 1.82) is 0 Å². The van der Waals surface area contributed by atoms with Crippen LogP contribution in [0.2, 0.25) is 0 Å². The number of hydrogen-bond acceptors (Lipinski definition) is 4. The van der Waals surface area contributed by atoms with Gasteiger partial charge in [-0.2, -0.15) is 0 Å². The quantitative estimate of drug-likeness (QED) is 0.814. The van der Waals surface area contributed by atoms with E-state index >= 15 is 0 Å². The monoisotopic (exact) mass is 248 g/mol. The van der Waals surface area contributed by atoms with E-state index in [-0.39, 0.29) is 11.9 Å². The van der Waals surface area contributed by atoms with Gasteiger partial charge in [0.1, 0.15) is 0 Å². The Morgan fingerprint density at radius 2 is 2.06 bits per heavy atom. The van der Waals surface area contributed by atoms with Crippen LogP contribution in [-0.2, 0) is 4.79 Å². The number of piperidine rings is 1. The highest BCUT2D eigenvalue weighted by molar-refractivity contribution is 5.79. The van der Waals surface area contributed by atoms with Gasteiger partial charge in [0, 0.05) is 37.2 Å². The zero-order chi connectivity index (χ0) is 13.0. The second-order valence-corrected chi connectivity index (χ2v) is 4.76. The number of nitrogens with two attached hydrogens (primary N) is 1. The van der Waals surface area contributed by atoms with Gasteiger partial charge in [0.2, 0.25) is 5.91 Å². The number of aromatic nitrogens is 1. The molecule has 1 atom stereocenters. The predicted octanol–water partition coefficient (Wildman–Crippen LogP) is 0.514. The van der Waals surface area contributed by atoms with E-state index in [9.17, 15) is 4.79 Å². The molecular formula is C13H20N4O. The SMILES string of the molecule is CC(NC1CCN(c2ccncc2)CC1)C(N)=O. The number of nitrogens with one attached hydrogen (secondary N) is 1. The van der Waals surface area contributed by atoms with E-state index in [2.05, 4.69) is 15.2 Å². The fourth-order valence-corrected chi connectivity index (χ4v) is 2.29. The summed E-state index contributed by atoms with van der Waals surface area (Å²) >= 11 is 0. The fraction of sp³-hybridized carbons (Fsp3) is 0.538. The molecule has 0 aliphatic carbocycles. The van der Waals surface area contributed by atoms with Gasteiger partial charge in [0.25, 0.3) is 0 Å². The van der Waals surface area contributed by atoms with Crippen LogP contribution in [0.3, 0.4) is 0 Å². The van der Waals surface area contributed by atoms with Gasteiger partial charge < -0.3 is 16.0 Å². The van der Waals surface area contributed by atoms with E-state index < -0.39 is 0 Å². The zero-order valence-electron chi connectivity index (χ0n) is 10.7. The zero-order valence-corrected chi connectivity index (χ0v) is 10.7. The lowest BCUT2D eigenvalue weighted by molar-refractivity contribution is -0.119. The van der Waals surface area contributed by atoms with E-state index in [0.717, 1.165) is 25.9 Å². The molecule has 1 unspecified atom stereocenters. The molecule has 5 heteroatoms. The molecule has 1 amide bonds. The van der Waals surface area contributed by atoms with Crippen LogP contribution in [0.5, 0.6) is 0 Å². The molecule has 3 N–H and O–H groups in total. The molecule has 1 fully saturated rings. The van der Waals surface area contributed by atoms with Gasteiger partial charge >= 0.3 is 0 Å². The highest BCUT2D eigenvalue weighted by atomic mass is 16.1. The van der Waals surface area contributed by atoms with E-state index in [4.69, 9.17) is 5.73 Å². The fourth-order valence-electron chi connectivity index (χ4n) is 2.29. The Hall–Kier alpha value is -1.62. The molecule has 0 bridgehead atoms. The standard InChI is InChI=1S/C13H20N4O/c1-10(13(14)18)16-11-4-8-17(9-5-11)12-2-6-15-7-3-12/h2-3,6-7,10-11,16H,4-5,8-9H2,1H3,(H2,14,18). The second kappa shape index (κ2) is 5.82. The smallest absolute Gasteiger partial charge is 0.234 e. The number of rotatable bonds is 4. The van der Waals surface area contributed by atoms with Crippen molar-refractivity contribution in [3.05, 3.63) is 24.5 Å². The van der Waals surface area contributed by atoms with Crippen LogP contribution in [-0.4, -0.2) is 36.1 Å². The topological polar surface area (TPSA) is 71.2 Å². The van der Waals surface area contributed by atoms with Gasteiger partial charge in [0.15, 0.2) is 0 Å². The van der Waals surface area contributed by atoms with Crippen molar-refractivity contribution in [2.75, 3.05) is 18.0 Å². The van der Waals surface area contributed by atoms with Crippen molar-refractivity contribution in [1.82, 2.24) is 10.3 Å². The van der Waals surface area contributed by atoms with Gasteiger partial charge in [-0.25, -0.2) is 0 Å². The number of amides is 1. The first kappa shape index (κ1) is 12.8. The van der Waals surface area contributed by atoms with Crippen molar-refractivity contribution in [3.63, 3.8) is 0 Å². The summed E-state index contributed by atoms with van der Waals surface area (Å²) in [6.07, 6.45) is 5.68. The van der Waals surface area contributed by atoms with Crippen LogP contribution < -0.4 is 16.0 Å². The van der Waals surface area contributed by atoms with Crippen molar-refractivity contribution >= 4 is 11.6 Å². The number of carbonyl (C=O) groups is 1.